The highest BCUT2D eigenvalue weighted by molar-refractivity contribution is 9.12. The van der Waals surface area contributed by atoms with Gasteiger partial charge in [-0.1, -0.05) is 49.6 Å². The molecular formula is C24H25Br2NO6S. The summed E-state index contributed by atoms with van der Waals surface area (Å²) >= 11 is 7.02. The number of sulfonamides is 1. The molecule has 1 heterocycles. The van der Waals surface area contributed by atoms with Gasteiger partial charge in [-0.2, -0.15) is 0 Å². The molecule has 7 nitrogen and oxygen atoms in total. The zero-order valence-electron chi connectivity index (χ0n) is 19.0. The number of hydrogen-bond donors (Lipinski definition) is 1. The number of hydrogen-bond acceptors (Lipinski definition) is 6. The molecule has 0 amide bonds. The Hall–Kier alpha value is -2.01. The fourth-order valence-electron chi connectivity index (χ4n) is 3.50. The summed E-state index contributed by atoms with van der Waals surface area (Å²) in [6, 6.07) is 9.72. The van der Waals surface area contributed by atoms with Gasteiger partial charge in [0.1, 0.15) is 11.3 Å². The van der Waals surface area contributed by atoms with E-state index in [1.54, 1.807) is 19.1 Å². The van der Waals surface area contributed by atoms with Gasteiger partial charge in [-0.05, 0) is 56.5 Å². The Balaban J connectivity index is 1.81. The molecule has 0 fully saturated rings. The van der Waals surface area contributed by atoms with Gasteiger partial charge in [-0.15, -0.1) is 0 Å². The zero-order valence-corrected chi connectivity index (χ0v) is 23.0. The maximum absolute atomic E-state index is 12.6. The van der Waals surface area contributed by atoms with E-state index < -0.39 is 21.6 Å². The van der Waals surface area contributed by atoms with Crippen molar-refractivity contribution in [3.05, 3.63) is 69.1 Å². The van der Waals surface area contributed by atoms with Crippen LogP contribution in [0, 0.1) is 20.8 Å². The first-order valence-electron chi connectivity index (χ1n) is 10.6. The van der Waals surface area contributed by atoms with Crippen molar-refractivity contribution in [3.8, 4) is 5.75 Å². The highest BCUT2D eigenvalue weighted by Crippen LogP contribution is 2.34. The predicted octanol–water partition coefficient (Wildman–Crippen LogP) is 4.69. The van der Waals surface area contributed by atoms with Gasteiger partial charge in [0.15, 0.2) is 0 Å². The number of benzene rings is 2. The van der Waals surface area contributed by atoms with Crippen LogP contribution in [0.2, 0.25) is 0 Å². The van der Waals surface area contributed by atoms with E-state index in [1.807, 2.05) is 19.9 Å². The molecule has 2 aromatic carbocycles. The summed E-state index contributed by atoms with van der Waals surface area (Å²) in [6.07, 6.45) is 0.388. The van der Waals surface area contributed by atoms with Crippen molar-refractivity contribution >= 4 is 58.8 Å². The SMILES string of the molecule is Cc1ccc(S(=O)(=O)NCCC(=O)Oc2c(C[C@H](Br)CBr)cc3c(C)cc(=O)oc3c2C)cc1. The summed E-state index contributed by atoms with van der Waals surface area (Å²) in [7, 11) is -3.74. The minimum absolute atomic E-state index is 0.0825. The molecule has 0 saturated heterocycles. The third-order valence-corrected chi connectivity index (χ3v) is 9.05. The van der Waals surface area contributed by atoms with Crippen molar-refractivity contribution in [3.63, 3.8) is 0 Å². The Kier molecular flexibility index (Phi) is 8.72. The van der Waals surface area contributed by atoms with E-state index in [9.17, 15) is 18.0 Å². The molecule has 3 aromatic rings. The number of carbonyl (C=O) groups excluding carboxylic acids is 1. The van der Waals surface area contributed by atoms with Crippen LogP contribution in [0.4, 0.5) is 0 Å². The monoisotopic (exact) mass is 613 g/mol. The molecule has 1 atom stereocenters. The van der Waals surface area contributed by atoms with Crippen LogP contribution in [-0.2, 0) is 21.2 Å². The lowest BCUT2D eigenvalue weighted by atomic mass is 9.99. The van der Waals surface area contributed by atoms with Crippen LogP contribution in [-0.4, -0.2) is 31.1 Å². The van der Waals surface area contributed by atoms with E-state index in [1.165, 1.54) is 18.2 Å². The standard InChI is InChI=1S/C24H25Br2NO6S/c1-14-4-6-19(7-5-14)34(30,31)27-9-8-21(28)32-23-16(3)24-20(15(2)10-22(29)33-24)12-17(23)11-18(26)13-25/h4-7,10,12,18,27H,8-9,11,13H2,1-3H3/t18-/m0/s1. The van der Waals surface area contributed by atoms with E-state index in [2.05, 4.69) is 36.6 Å². The lowest BCUT2D eigenvalue weighted by molar-refractivity contribution is -0.134. The number of nitrogens with one attached hydrogen (secondary N) is 1. The van der Waals surface area contributed by atoms with Gasteiger partial charge in [0.05, 0.1) is 11.3 Å². The van der Waals surface area contributed by atoms with Gasteiger partial charge in [-0.3, -0.25) is 4.79 Å². The van der Waals surface area contributed by atoms with Gasteiger partial charge >= 0.3 is 11.6 Å². The van der Waals surface area contributed by atoms with Gasteiger partial charge in [0.25, 0.3) is 0 Å². The van der Waals surface area contributed by atoms with Crippen LogP contribution in [0.3, 0.4) is 0 Å². The number of esters is 1. The van der Waals surface area contributed by atoms with Crippen molar-refractivity contribution in [1.29, 1.82) is 0 Å². The summed E-state index contributed by atoms with van der Waals surface area (Å²) in [6.45, 7) is 5.30. The average Bonchev–Trinajstić information content (AvgIpc) is 2.77. The first kappa shape index (κ1) is 26.6. The number of halogens is 2. The predicted molar refractivity (Wildman–Crippen MR) is 139 cm³/mol. The summed E-state index contributed by atoms with van der Waals surface area (Å²) in [5, 5.41) is 1.45. The van der Waals surface area contributed by atoms with Gasteiger partial charge < -0.3 is 9.15 Å². The van der Waals surface area contributed by atoms with Gasteiger partial charge in [-0.25, -0.2) is 17.9 Å². The fourth-order valence-corrected chi connectivity index (χ4v) is 5.11. The highest BCUT2D eigenvalue weighted by atomic mass is 79.9. The topological polar surface area (TPSA) is 103 Å². The average molecular weight is 615 g/mol. The maximum Gasteiger partial charge on any atom is 0.336 e. The molecular weight excluding hydrogens is 590 g/mol. The minimum atomic E-state index is -3.74. The number of fused-ring (bicyclic) bond motifs is 1. The maximum atomic E-state index is 12.6. The molecule has 0 saturated carbocycles. The second-order valence-electron chi connectivity index (χ2n) is 8.01. The molecule has 3 rings (SSSR count). The molecule has 1 N–H and O–H groups in total. The second-order valence-corrected chi connectivity index (χ2v) is 11.7. The summed E-state index contributed by atoms with van der Waals surface area (Å²) in [5.74, 6) is -0.284. The Bertz CT molecular complexity index is 1370. The van der Waals surface area contributed by atoms with E-state index in [4.69, 9.17) is 9.15 Å². The largest absolute Gasteiger partial charge is 0.426 e. The summed E-state index contributed by atoms with van der Waals surface area (Å²) in [5.41, 5.74) is 2.90. The first-order chi connectivity index (χ1) is 16.0. The lowest BCUT2D eigenvalue weighted by Crippen LogP contribution is -2.27. The van der Waals surface area contributed by atoms with Crippen molar-refractivity contribution < 1.29 is 22.4 Å². The number of rotatable bonds is 9. The van der Waals surface area contributed by atoms with Crippen molar-refractivity contribution in [2.24, 2.45) is 0 Å². The Morgan fingerprint density at radius 2 is 1.82 bits per heavy atom. The first-order valence-corrected chi connectivity index (χ1v) is 14.1. The van der Waals surface area contributed by atoms with Crippen LogP contribution < -0.4 is 15.1 Å². The van der Waals surface area contributed by atoms with E-state index in [0.29, 0.717) is 28.6 Å². The second kappa shape index (κ2) is 11.2. The molecule has 34 heavy (non-hydrogen) atoms. The smallest absolute Gasteiger partial charge is 0.336 e. The number of alkyl halides is 2. The summed E-state index contributed by atoms with van der Waals surface area (Å²) < 4.78 is 38.4. The number of ether oxygens (including phenoxy) is 1. The van der Waals surface area contributed by atoms with E-state index in [0.717, 1.165) is 22.1 Å². The molecule has 1 aromatic heterocycles. The van der Waals surface area contributed by atoms with E-state index >= 15 is 0 Å². The number of aryl methyl sites for hydroxylation is 3. The Labute approximate surface area is 215 Å². The van der Waals surface area contributed by atoms with Crippen LogP contribution >= 0.6 is 31.9 Å². The highest BCUT2D eigenvalue weighted by Gasteiger charge is 2.21. The van der Waals surface area contributed by atoms with Crippen molar-refractivity contribution in [2.75, 3.05) is 11.9 Å². The zero-order chi connectivity index (χ0) is 25.0. The Morgan fingerprint density at radius 3 is 2.47 bits per heavy atom. The molecule has 0 aliphatic rings. The molecule has 0 bridgehead atoms. The lowest BCUT2D eigenvalue weighted by Gasteiger charge is -2.17. The van der Waals surface area contributed by atoms with Crippen LogP contribution in [0.15, 0.2) is 50.5 Å². The molecule has 0 spiro atoms. The Morgan fingerprint density at radius 1 is 1.15 bits per heavy atom. The minimum Gasteiger partial charge on any atom is -0.426 e. The molecule has 0 unspecified atom stereocenters. The van der Waals surface area contributed by atoms with Gasteiger partial charge in [0.2, 0.25) is 10.0 Å². The normalized spacial score (nSPS) is 12.6. The molecule has 182 valence electrons. The van der Waals surface area contributed by atoms with Crippen molar-refractivity contribution in [2.45, 2.75) is 43.3 Å². The quantitative estimate of drug-likeness (QED) is 0.162. The van der Waals surface area contributed by atoms with Crippen LogP contribution in [0.1, 0.15) is 28.7 Å². The van der Waals surface area contributed by atoms with Crippen LogP contribution in [0.25, 0.3) is 11.0 Å². The van der Waals surface area contributed by atoms with Crippen molar-refractivity contribution in [1.82, 2.24) is 4.72 Å². The molecule has 0 aliphatic carbocycles. The fraction of sp³-hybridized carbons (Fsp3) is 0.333. The summed E-state index contributed by atoms with van der Waals surface area (Å²) in [4.78, 5) is 24.8. The molecule has 0 aliphatic heterocycles. The molecule has 0 radical (unpaired) electrons. The third kappa shape index (κ3) is 6.35. The number of carbonyl (C=O) groups is 1. The van der Waals surface area contributed by atoms with Gasteiger partial charge in [0, 0.05) is 33.7 Å². The molecule has 10 heteroatoms. The van der Waals surface area contributed by atoms with Crippen LogP contribution in [0.5, 0.6) is 5.75 Å². The van der Waals surface area contributed by atoms with E-state index in [-0.39, 0.29) is 22.7 Å². The third-order valence-electron chi connectivity index (χ3n) is 5.28.